The van der Waals surface area contributed by atoms with Gasteiger partial charge < -0.3 is 5.11 Å². The minimum atomic E-state index is -0.790. The van der Waals surface area contributed by atoms with Crippen molar-refractivity contribution in [1.82, 2.24) is 4.98 Å². The summed E-state index contributed by atoms with van der Waals surface area (Å²) in [5, 5.41) is 11.0. The zero-order chi connectivity index (χ0) is 20.5. The van der Waals surface area contributed by atoms with Crippen LogP contribution in [0.2, 0.25) is 0 Å². The predicted molar refractivity (Wildman–Crippen MR) is 117 cm³/mol. The Bertz CT molecular complexity index is 1110. The average molecular weight is 514 g/mol. The van der Waals surface area contributed by atoms with Gasteiger partial charge in [0, 0.05) is 20.7 Å². The molecule has 1 atom stereocenters. The summed E-state index contributed by atoms with van der Waals surface area (Å²) < 4.78 is 1.70. The molecule has 1 aromatic heterocycles. The van der Waals surface area contributed by atoms with E-state index in [-0.39, 0.29) is 11.3 Å². The summed E-state index contributed by atoms with van der Waals surface area (Å²) in [7, 11) is 0. The number of hydrogen-bond acceptors (Lipinski definition) is 4. The normalized spacial score (nSPS) is 18.3. The monoisotopic (exact) mass is 512 g/mol. The molecule has 0 radical (unpaired) electrons. The van der Waals surface area contributed by atoms with E-state index in [0.717, 1.165) is 8.95 Å². The highest BCUT2D eigenvalue weighted by atomic mass is 79.9. The Kier molecular flexibility index (Phi) is 5.34. The number of nitrogens with zero attached hydrogens (tertiary/aromatic N) is 2. The number of anilines is 1. The number of aliphatic hydroxyl groups is 1. The molecule has 2 aromatic carbocycles. The molecule has 2 heterocycles. The van der Waals surface area contributed by atoms with E-state index in [1.807, 2.05) is 24.3 Å². The maximum Gasteiger partial charge on any atom is 0.301 e. The number of benzene rings is 2. The number of pyridine rings is 1. The van der Waals surface area contributed by atoms with Crippen LogP contribution in [0, 0.1) is 0 Å². The van der Waals surface area contributed by atoms with Crippen LogP contribution in [-0.4, -0.2) is 21.8 Å². The molecule has 1 amide bonds. The second kappa shape index (κ2) is 7.93. The molecule has 29 heavy (non-hydrogen) atoms. The van der Waals surface area contributed by atoms with Crippen molar-refractivity contribution < 1.29 is 14.7 Å². The third kappa shape index (κ3) is 3.63. The van der Waals surface area contributed by atoms with Crippen LogP contribution in [0.25, 0.3) is 5.76 Å². The van der Waals surface area contributed by atoms with E-state index in [0.29, 0.717) is 16.9 Å². The summed E-state index contributed by atoms with van der Waals surface area (Å²) >= 11 is 6.75. The Hall–Kier alpha value is -2.77. The SMILES string of the molecule is O=C1C(=O)N(c2ccccn2)[C@@H](c2ccc(Br)cc2)/C1=C(\O)c1ccc(Br)cc1. The smallest absolute Gasteiger partial charge is 0.301 e. The topological polar surface area (TPSA) is 70.5 Å². The first-order valence-electron chi connectivity index (χ1n) is 8.71. The molecule has 1 fully saturated rings. The van der Waals surface area contributed by atoms with Crippen molar-refractivity contribution in [3.8, 4) is 0 Å². The van der Waals surface area contributed by atoms with Crippen LogP contribution in [-0.2, 0) is 9.59 Å². The van der Waals surface area contributed by atoms with Gasteiger partial charge in [-0.1, -0.05) is 62.2 Å². The molecule has 1 aliphatic rings. The van der Waals surface area contributed by atoms with Crippen LogP contribution in [0.5, 0.6) is 0 Å². The second-order valence-corrected chi connectivity index (χ2v) is 8.25. The van der Waals surface area contributed by atoms with Gasteiger partial charge in [0.25, 0.3) is 5.78 Å². The fourth-order valence-corrected chi connectivity index (χ4v) is 3.82. The van der Waals surface area contributed by atoms with Crippen molar-refractivity contribution in [3.05, 3.63) is 98.6 Å². The van der Waals surface area contributed by atoms with Crippen molar-refractivity contribution in [3.63, 3.8) is 0 Å². The van der Waals surface area contributed by atoms with Crippen LogP contribution in [0.1, 0.15) is 17.2 Å². The molecule has 7 heteroatoms. The van der Waals surface area contributed by atoms with Crippen LogP contribution in [0.4, 0.5) is 5.82 Å². The van der Waals surface area contributed by atoms with Gasteiger partial charge in [-0.25, -0.2) is 4.98 Å². The van der Waals surface area contributed by atoms with E-state index >= 15 is 0 Å². The first-order chi connectivity index (χ1) is 14.0. The molecule has 0 bridgehead atoms. The lowest BCUT2D eigenvalue weighted by Crippen LogP contribution is -2.30. The summed E-state index contributed by atoms with van der Waals surface area (Å²) in [5.41, 5.74) is 1.18. The number of carbonyl (C=O) groups excluding carboxylic acids is 2. The molecule has 3 aromatic rings. The molecular weight excluding hydrogens is 500 g/mol. The van der Waals surface area contributed by atoms with E-state index in [2.05, 4.69) is 36.8 Å². The van der Waals surface area contributed by atoms with Gasteiger partial charge >= 0.3 is 5.91 Å². The molecule has 4 rings (SSSR count). The summed E-state index contributed by atoms with van der Waals surface area (Å²) in [6.07, 6.45) is 1.56. The average Bonchev–Trinajstić information content (AvgIpc) is 3.00. The van der Waals surface area contributed by atoms with Gasteiger partial charge in [-0.15, -0.1) is 0 Å². The Morgan fingerprint density at radius 2 is 1.52 bits per heavy atom. The zero-order valence-corrected chi connectivity index (χ0v) is 18.1. The number of amides is 1. The highest BCUT2D eigenvalue weighted by molar-refractivity contribution is 9.10. The number of aliphatic hydroxyl groups excluding tert-OH is 1. The van der Waals surface area contributed by atoms with E-state index in [1.54, 1.807) is 48.7 Å². The van der Waals surface area contributed by atoms with Crippen molar-refractivity contribution in [2.24, 2.45) is 0 Å². The second-order valence-electron chi connectivity index (χ2n) is 6.42. The van der Waals surface area contributed by atoms with E-state index in [9.17, 15) is 14.7 Å². The molecule has 144 valence electrons. The standard InChI is InChI=1S/C22H14Br2N2O3/c23-15-8-4-13(5-9-15)19-18(20(27)14-6-10-16(24)11-7-14)21(28)22(29)26(19)17-3-1-2-12-25-17/h1-12,19,27H/b20-18+/t19-/m0/s1. The van der Waals surface area contributed by atoms with Crippen molar-refractivity contribution in [2.75, 3.05) is 4.90 Å². The quantitative estimate of drug-likeness (QED) is 0.295. The van der Waals surface area contributed by atoms with Crippen molar-refractivity contribution >= 4 is 55.1 Å². The first kappa shape index (κ1) is 19.5. The van der Waals surface area contributed by atoms with Crippen LogP contribution < -0.4 is 4.90 Å². The summed E-state index contributed by atoms with van der Waals surface area (Å²) in [4.78, 5) is 31.5. The number of rotatable bonds is 3. The predicted octanol–water partition coefficient (Wildman–Crippen LogP) is 5.23. The Morgan fingerprint density at radius 3 is 2.10 bits per heavy atom. The van der Waals surface area contributed by atoms with Gasteiger partial charge in [-0.05, 0) is 42.0 Å². The molecule has 1 aliphatic heterocycles. The highest BCUT2D eigenvalue weighted by Crippen LogP contribution is 2.41. The molecule has 0 aliphatic carbocycles. The molecule has 5 nitrogen and oxygen atoms in total. The van der Waals surface area contributed by atoms with Gasteiger partial charge in [-0.3, -0.25) is 14.5 Å². The van der Waals surface area contributed by atoms with Crippen LogP contribution >= 0.6 is 31.9 Å². The van der Waals surface area contributed by atoms with Gasteiger partial charge in [0.05, 0.1) is 11.6 Å². The van der Waals surface area contributed by atoms with Crippen molar-refractivity contribution in [2.45, 2.75) is 6.04 Å². The Morgan fingerprint density at radius 1 is 0.897 bits per heavy atom. The minimum absolute atomic E-state index is 0.0327. The number of ketones is 1. The Labute approximate surface area is 184 Å². The summed E-state index contributed by atoms with van der Waals surface area (Å²) in [6.45, 7) is 0. The maximum absolute atomic E-state index is 13.0. The number of hydrogen-bond donors (Lipinski definition) is 1. The van der Waals surface area contributed by atoms with Gasteiger partial charge in [0.2, 0.25) is 0 Å². The molecule has 1 N–H and O–H groups in total. The summed E-state index contributed by atoms with van der Waals surface area (Å²) in [5.74, 6) is -1.35. The van der Waals surface area contributed by atoms with E-state index in [1.165, 1.54) is 4.90 Å². The molecule has 0 spiro atoms. The zero-order valence-electron chi connectivity index (χ0n) is 14.9. The van der Waals surface area contributed by atoms with Gasteiger partial charge in [-0.2, -0.15) is 0 Å². The molecule has 1 saturated heterocycles. The highest BCUT2D eigenvalue weighted by Gasteiger charge is 2.47. The third-order valence-corrected chi connectivity index (χ3v) is 5.70. The number of halogens is 2. The van der Waals surface area contributed by atoms with Crippen LogP contribution in [0.15, 0.2) is 87.4 Å². The maximum atomic E-state index is 13.0. The Balaban J connectivity index is 1.94. The third-order valence-electron chi connectivity index (χ3n) is 4.64. The lowest BCUT2D eigenvalue weighted by molar-refractivity contribution is -0.132. The van der Waals surface area contributed by atoms with Crippen LogP contribution in [0.3, 0.4) is 0 Å². The first-order valence-corrected chi connectivity index (χ1v) is 10.3. The number of Topliss-reactive ketones (excluding diaryl/α,β-unsaturated/α-hetero) is 1. The summed E-state index contributed by atoms with van der Waals surface area (Å²) in [6, 6.07) is 18.5. The lowest BCUT2D eigenvalue weighted by atomic mass is 9.95. The number of aromatic nitrogens is 1. The minimum Gasteiger partial charge on any atom is -0.507 e. The number of carbonyl (C=O) groups is 2. The van der Waals surface area contributed by atoms with E-state index in [4.69, 9.17) is 0 Å². The molecular formula is C22H14Br2N2O3. The lowest BCUT2D eigenvalue weighted by Gasteiger charge is -2.24. The molecule has 0 unspecified atom stereocenters. The van der Waals surface area contributed by atoms with Crippen molar-refractivity contribution in [1.29, 1.82) is 0 Å². The molecule has 0 saturated carbocycles. The van der Waals surface area contributed by atoms with Gasteiger partial charge in [0.15, 0.2) is 0 Å². The van der Waals surface area contributed by atoms with Gasteiger partial charge in [0.1, 0.15) is 11.6 Å². The fourth-order valence-electron chi connectivity index (χ4n) is 3.29. The van der Waals surface area contributed by atoms with E-state index < -0.39 is 17.7 Å². The fraction of sp³-hybridized carbons (Fsp3) is 0.0455. The largest absolute Gasteiger partial charge is 0.507 e.